The minimum atomic E-state index is 0.195. The molecule has 0 heterocycles. The summed E-state index contributed by atoms with van der Waals surface area (Å²) in [6, 6.07) is 8.86. The molecule has 0 aliphatic rings. The van der Waals surface area contributed by atoms with Crippen LogP contribution in [0.5, 0.6) is 0 Å². The van der Waals surface area contributed by atoms with Crippen LogP contribution < -0.4 is 5.73 Å². The maximum Gasteiger partial charge on any atom is 0.0297 e. The van der Waals surface area contributed by atoms with Gasteiger partial charge in [-0.3, -0.25) is 0 Å². The number of nitrogens with two attached hydrogens (primary N) is 1. The smallest absolute Gasteiger partial charge is 0.0297 e. The third kappa shape index (κ3) is 3.15. The molecule has 1 aromatic carbocycles. The summed E-state index contributed by atoms with van der Waals surface area (Å²) in [5.41, 5.74) is 8.73. The highest BCUT2D eigenvalue weighted by atomic mass is 14.6. The van der Waals surface area contributed by atoms with Gasteiger partial charge in [-0.15, -0.1) is 0 Å². The molecule has 0 spiro atoms. The van der Waals surface area contributed by atoms with Crippen LogP contribution in [-0.2, 0) is 6.42 Å². The largest absolute Gasteiger partial charge is 0.324 e. The number of hydrogen-bond acceptors (Lipinski definition) is 1. The van der Waals surface area contributed by atoms with E-state index in [1.165, 1.54) is 11.1 Å². The maximum absolute atomic E-state index is 6.09. The fraction of sp³-hybridized carbons (Fsp3) is 0.538. The van der Waals surface area contributed by atoms with E-state index in [2.05, 4.69) is 45.0 Å². The van der Waals surface area contributed by atoms with Crippen LogP contribution in [-0.4, -0.2) is 0 Å². The highest BCUT2D eigenvalue weighted by Crippen LogP contribution is 2.19. The lowest BCUT2D eigenvalue weighted by atomic mass is 9.97. The molecule has 14 heavy (non-hydrogen) atoms. The van der Waals surface area contributed by atoms with Gasteiger partial charge in [0.1, 0.15) is 0 Å². The lowest BCUT2D eigenvalue weighted by Crippen LogP contribution is -2.12. The average molecular weight is 191 g/mol. The molecule has 0 fully saturated rings. The molecule has 1 nitrogen and oxygen atoms in total. The van der Waals surface area contributed by atoms with E-state index in [9.17, 15) is 0 Å². The van der Waals surface area contributed by atoms with Crippen LogP contribution in [0, 0.1) is 5.92 Å². The van der Waals surface area contributed by atoms with Gasteiger partial charge in [-0.05, 0) is 29.9 Å². The third-order valence-corrected chi connectivity index (χ3v) is 2.54. The molecule has 1 rings (SSSR count). The van der Waals surface area contributed by atoms with Crippen molar-refractivity contribution in [2.45, 2.75) is 39.7 Å². The predicted octanol–water partition coefficient (Wildman–Crippen LogP) is 3.29. The summed E-state index contributed by atoms with van der Waals surface area (Å²) in [6.45, 7) is 6.59. The summed E-state index contributed by atoms with van der Waals surface area (Å²) in [6.07, 6.45) is 2.16. The van der Waals surface area contributed by atoms with Gasteiger partial charge in [0.05, 0.1) is 0 Å². The molecule has 1 heteroatoms. The number of hydrogen-bond donors (Lipinski definition) is 1. The fourth-order valence-corrected chi connectivity index (χ4v) is 1.64. The standard InChI is InChI=1S/C13H21N/c1-4-11-5-7-12(8-6-11)13(14)9-10(2)3/h5-8,10,13H,4,9,14H2,1-3H3/t13-/m0/s1. The van der Waals surface area contributed by atoms with Crippen molar-refractivity contribution in [3.63, 3.8) is 0 Å². The van der Waals surface area contributed by atoms with E-state index in [-0.39, 0.29) is 6.04 Å². The van der Waals surface area contributed by atoms with Crippen molar-refractivity contribution >= 4 is 0 Å². The molecule has 0 unspecified atom stereocenters. The van der Waals surface area contributed by atoms with Gasteiger partial charge in [0.15, 0.2) is 0 Å². The molecule has 78 valence electrons. The zero-order valence-corrected chi connectivity index (χ0v) is 9.46. The van der Waals surface area contributed by atoms with E-state index < -0.39 is 0 Å². The first-order chi connectivity index (χ1) is 6.63. The van der Waals surface area contributed by atoms with E-state index in [4.69, 9.17) is 5.73 Å². The van der Waals surface area contributed by atoms with Gasteiger partial charge < -0.3 is 5.73 Å². The Labute approximate surface area is 87.3 Å². The molecule has 0 saturated carbocycles. The van der Waals surface area contributed by atoms with Gasteiger partial charge in [-0.25, -0.2) is 0 Å². The van der Waals surface area contributed by atoms with E-state index in [1.807, 2.05) is 0 Å². The highest BCUT2D eigenvalue weighted by Gasteiger charge is 2.07. The molecule has 1 atom stereocenters. The zero-order valence-electron chi connectivity index (χ0n) is 9.46. The van der Waals surface area contributed by atoms with Gasteiger partial charge >= 0.3 is 0 Å². The minimum Gasteiger partial charge on any atom is -0.324 e. The Kier molecular flexibility index (Phi) is 4.15. The topological polar surface area (TPSA) is 26.0 Å². The van der Waals surface area contributed by atoms with Crippen LogP contribution in [0.25, 0.3) is 0 Å². The second kappa shape index (κ2) is 5.16. The molecule has 2 N–H and O–H groups in total. The quantitative estimate of drug-likeness (QED) is 0.776. The maximum atomic E-state index is 6.09. The molecule has 0 saturated heterocycles. The van der Waals surface area contributed by atoms with Crippen LogP contribution in [0.3, 0.4) is 0 Å². The minimum absolute atomic E-state index is 0.195. The Morgan fingerprint density at radius 2 is 1.71 bits per heavy atom. The van der Waals surface area contributed by atoms with Crippen molar-refractivity contribution in [1.29, 1.82) is 0 Å². The predicted molar refractivity (Wildman–Crippen MR) is 62.2 cm³/mol. The van der Waals surface area contributed by atoms with Gasteiger partial charge in [-0.1, -0.05) is 45.0 Å². The van der Waals surface area contributed by atoms with Crippen LogP contribution in [0.4, 0.5) is 0 Å². The molecule has 0 radical (unpaired) electrons. The number of rotatable bonds is 4. The van der Waals surface area contributed by atoms with Crippen molar-refractivity contribution in [3.8, 4) is 0 Å². The number of aryl methyl sites for hydroxylation is 1. The van der Waals surface area contributed by atoms with Gasteiger partial charge in [0.2, 0.25) is 0 Å². The van der Waals surface area contributed by atoms with Crippen molar-refractivity contribution in [1.82, 2.24) is 0 Å². The number of benzene rings is 1. The summed E-state index contributed by atoms with van der Waals surface area (Å²) in [7, 11) is 0. The average Bonchev–Trinajstić information content (AvgIpc) is 2.17. The normalized spacial score (nSPS) is 13.2. The SMILES string of the molecule is CCc1ccc([C@@H](N)CC(C)C)cc1. The summed E-state index contributed by atoms with van der Waals surface area (Å²) in [5, 5.41) is 0. The van der Waals surface area contributed by atoms with Crippen molar-refractivity contribution in [3.05, 3.63) is 35.4 Å². The Morgan fingerprint density at radius 1 is 1.14 bits per heavy atom. The van der Waals surface area contributed by atoms with Gasteiger partial charge in [0.25, 0.3) is 0 Å². The molecule has 1 aromatic rings. The Balaban J connectivity index is 2.66. The second-order valence-corrected chi connectivity index (χ2v) is 4.33. The summed E-state index contributed by atoms with van der Waals surface area (Å²) in [4.78, 5) is 0. The molecule has 0 amide bonds. The van der Waals surface area contributed by atoms with Crippen molar-refractivity contribution in [2.75, 3.05) is 0 Å². The monoisotopic (exact) mass is 191 g/mol. The molecular weight excluding hydrogens is 170 g/mol. The first-order valence-electron chi connectivity index (χ1n) is 5.48. The van der Waals surface area contributed by atoms with Crippen LogP contribution in [0.1, 0.15) is 44.4 Å². The molecule has 0 aromatic heterocycles. The van der Waals surface area contributed by atoms with Gasteiger partial charge in [-0.2, -0.15) is 0 Å². The van der Waals surface area contributed by atoms with E-state index in [1.54, 1.807) is 0 Å². The summed E-state index contributed by atoms with van der Waals surface area (Å²) in [5.74, 6) is 0.663. The van der Waals surface area contributed by atoms with E-state index in [0.29, 0.717) is 5.92 Å². The highest BCUT2D eigenvalue weighted by molar-refractivity contribution is 5.24. The second-order valence-electron chi connectivity index (χ2n) is 4.33. The van der Waals surface area contributed by atoms with Crippen molar-refractivity contribution < 1.29 is 0 Å². The molecule has 0 bridgehead atoms. The molecular formula is C13H21N. The first-order valence-corrected chi connectivity index (χ1v) is 5.48. The Bertz CT molecular complexity index is 261. The van der Waals surface area contributed by atoms with E-state index >= 15 is 0 Å². The molecule has 0 aliphatic heterocycles. The molecule has 0 aliphatic carbocycles. The lowest BCUT2D eigenvalue weighted by molar-refractivity contribution is 0.510. The van der Waals surface area contributed by atoms with Crippen LogP contribution in [0.2, 0.25) is 0 Å². The Morgan fingerprint density at radius 3 is 2.14 bits per heavy atom. The first kappa shape index (κ1) is 11.3. The Hall–Kier alpha value is -0.820. The fourth-order valence-electron chi connectivity index (χ4n) is 1.64. The van der Waals surface area contributed by atoms with E-state index in [0.717, 1.165) is 12.8 Å². The van der Waals surface area contributed by atoms with Gasteiger partial charge in [0, 0.05) is 6.04 Å². The third-order valence-electron chi connectivity index (χ3n) is 2.54. The zero-order chi connectivity index (χ0) is 10.6. The van der Waals surface area contributed by atoms with Crippen LogP contribution in [0.15, 0.2) is 24.3 Å². The van der Waals surface area contributed by atoms with Crippen molar-refractivity contribution in [2.24, 2.45) is 11.7 Å². The summed E-state index contributed by atoms with van der Waals surface area (Å²) >= 11 is 0. The van der Waals surface area contributed by atoms with Crippen LogP contribution >= 0.6 is 0 Å². The lowest BCUT2D eigenvalue weighted by Gasteiger charge is -2.14. The summed E-state index contributed by atoms with van der Waals surface area (Å²) < 4.78 is 0.